The van der Waals surface area contributed by atoms with Gasteiger partial charge in [0.2, 0.25) is 0 Å². The van der Waals surface area contributed by atoms with Crippen molar-refractivity contribution in [1.82, 2.24) is 29.1 Å². The summed E-state index contributed by atoms with van der Waals surface area (Å²) in [6.45, 7) is 0. The molecule has 0 fully saturated rings. The van der Waals surface area contributed by atoms with Crippen molar-refractivity contribution in [3.63, 3.8) is 0 Å². The van der Waals surface area contributed by atoms with Crippen LogP contribution in [0.2, 0.25) is 0 Å². The molecule has 0 bridgehead atoms. The Morgan fingerprint density at radius 1 is 0.179 bits per heavy atom. The molecule has 4 aromatic heterocycles. The van der Waals surface area contributed by atoms with E-state index in [1.54, 1.807) is 0 Å². The molecule has 16 aromatic carbocycles. The van der Waals surface area contributed by atoms with E-state index >= 15 is 0 Å². The first kappa shape index (κ1) is 62.3. The molecule has 0 N–H and O–H groups in total. The van der Waals surface area contributed by atoms with Crippen molar-refractivity contribution in [3.05, 3.63) is 433 Å². The van der Waals surface area contributed by atoms with E-state index in [-0.39, 0.29) is 0 Å². The second-order valence-corrected chi connectivity index (χ2v) is 30.2. The van der Waals surface area contributed by atoms with Gasteiger partial charge in [-0.3, -0.25) is 0 Å². The summed E-state index contributed by atoms with van der Waals surface area (Å²) in [6, 6.07) is 143. The minimum absolute atomic E-state index is 0.544. The molecule has 6 heterocycles. The maximum Gasteiger partial charge on any atom is 0.160 e. The standard InChI is InChI=1S/C106H64N6/c1-4-24-68(25-5-1)93-63-94(69-26-6-2-7-27-69)108-103(107-93)73-54-48-67(49-55-73)76-60-84-82-58-74(56-57-98(82)112-100-43-23-20-40-90(100)106(92(62-76)102(84)112)87-37-17-12-32-79(87)80-33-13-18-38-88(80)106)65-46-52-72(53-47-65)104-109-95(70-28-8-3-9-29-70)64-96(110-104)71-50-44-66(45-51-71)75-59-83-81-34-14-21-41-97(81)111-99-42-22-19-39-89(99)105(91(61-75)101(83)111)85-35-15-10-30-77(85)78-31-11-16-36-86(78)105/h1-64H. The first-order valence-electron chi connectivity index (χ1n) is 38.6. The molecule has 6 heteroatoms. The van der Waals surface area contributed by atoms with Crippen molar-refractivity contribution >= 4 is 43.6 Å². The van der Waals surface area contributed by atoms with Gasteiger partial charge in [-0.15, -0.1) is 0 Å². The molecule has 4 aliphatic rings. The SMILES string of the molecule is c1ccc(-c2cc(-c3ccccc3)nc(-c3ccc(-c4cc5c6c(c4)c4cc(-c7ccc(-c8nc(-c9ccccc9)cc(-c9ccc(-c%10cc%11c%12c(c%10)c%10ccccc%10n%12-c%10ccccc%10C%11%10c%11ccccc%11-c%11ccccc%11%10)cc9)n8)cc7)ccc4n6-c4ccccc4C54c5ccccc5-c5ccccc54)cc3)n2)cc1. The number of rotatable bonds is 9. The third-order valence-electron chi connectivity index (χ3n) is 24.6. The summed E-state index contributed by atoms with van der Waals surface area (Å²) in [4.78, 5) is 21.3. The highest BCUT2D eigenvalue weighted by molar-refractivity contribution is 6.16. The zero-order chi connectivity index (χ0) is 73.3. The summed E-state index contributed by atoms with van der Waals surface area (Å²) < 4.78 is 5.07. The number of benzene rings is 16. The first-order chi connectivity index (χ1) is 55.5. The highest BCUT2D eigenvalue weighted by Crippen LogP contribution is 2.64. The molecule has 20 aromatic rings. The van der Waals surface area contributed by atoms with Crippen molar-refractivity contribution in [2.45, 2.75) is 10.8 Å². The van der Waals surface area contributed by atoms with Crippen LogP contribution in [0.5, 0.6) is 0 Å². The molecule has 24 rings (SSSR count). The minimum Gasteiger partial charge on any atom is -0.309 e. The van der Waals surface area contributed by atoms with Crippen molar-refractivity contribution in [2.24, 2.45) is 0 Å². The van der Waals surface area contributed by atoms with E-state index in [1.807, 2.05) is 12.1 Å². The van der Waals surface area contributed by atoms with Crippen LogP contribution < -0.4 is 0 Å². The molecule has 0 saturated heterocycles. The number of nitrogens with zero attached hydrogens (tertiary/aromatic N) is 6. The van der Waals surface area contributed by atoms with E-state index in [4.69, 9.17) is 19.9 Å². The van der Waals surface area contributed by atoms with Gasteiger partial charge in [0.15, 0.2) is 11.6 Å². The average molecular weight is 1420 g/mol. The van der Waals surface area contributed by atoms with Gasteiger partial charge in [-0.25, -0.2) is 19.9 Å². The third kappa shape index (κ3) is 8.85. The lowest BCUT2D eigenvalue weighted by molar-refractivity contribution is 0.749. The maximum atomic E-state index is 5.47. The summed E-state index contributed by atoms with van der Waals surface area (Å²) in [7, 11) is 0. The van der Waals surface area contributed by atoms with E-state index in [2.05, 4.69) is 385 Å². The molecule has 112 heavy (non-hydrogen) atoms. The molecule has 0 amide bonds. The molecule has 0 radical (unpaired) electrons. The number of fused-ring (bicyclic) bond motifs is 24. The zero-order valence-electron chi connectivity index (χ0n) is 60.6. The van der Waals surface area contributed by atoms with Crippen LogP contribution in [0.4, 0.5) is 0 Å². The molecular weight excluding hydrogens is 1360 g/mol. The van der Waals surface area contributed by atoms with E-state index in [1.165, 1.54) is 122 Å². The second kappa shape index (κ2) is 23.9. The number of hydrogen-bond acceptors (Lipinski definition) is 4. The molecule has 2 aliphatic heterocycles. The Labute approximate surface area is 646 Å². The van der Waals surface area contributed by atoms with Crippen molar-refractivity contribution in [3.8, 4) is 135 Å². The van der Waals surface area contributed by atoms with Crippen LogP contribution in [0.25, 0.3) is 178 Å². The summed E-state index contributed by atoms with van der Waals surface area (Å²) in [6.07, 6.45) is 0. The van der Waals surface area contributed by atoms with Crippen molar-refractivity contribution in [1.29, 1.82) is 0 Å². The molecule has 2 aliphatic carbocycles. The van der Waals surface area contributed by atoms with Gasteiger partial charge in [-0.1, -0.05) is 322 Å². The molecule has 2 spiro atoms. The third-order valence-corrected chi connectivity index (χ3v) is 24.6. The normalized spacial score (nSPS) is 13.3. The van der Waals surface area contributed by atoms with Crippen LogP contribution in [-0.2, 0) is 10.8 Å². The molecule has 518 valence electrons. The fourth-order valence-electron chi connectivity index (χ4n) is 19.8. The Hall–Kier alpha value is -14.7. The van der Waals surface area contributed by atoms with Crippen molar-refractivity contribution < 1.29 is 0 Å². The van der Waals surface area contributed by atoms with Crippen LogP contribution in [0.1, 0.15) is 44.5 Å². The minimum atomic E-state index is -0.616. The maximum absolute atomic E-state index is 5.47. The predicted molar refractivity (Wildman–Crippen MR) is 457 cm³/mol. The second-order valence-electron chi connectivity index (χ2n) is 30.2. The summed E-state index contributed by atoms with van der Waals surface area (Å²) in [5, 5.41) is 4.86. The van der Waals surface area contributed by atoms with Gasteiger partial charge in [0.25, 0.3) is 0 Å². The topological polar surface area (TPSA) is 61.4 Å². The Kier molecular flexibility index (Phi) is 13.3. The fraction of sp³-hybridized carbons (Fsp3) is 0.0189. The van der Waals surface area contributed by atoms with Gasteiger partial charge in [-0.05, 0) is 167 Å². The fourth-order valence-corrected chi connectivity index (χ4v) is 19.8. The van der Waals surface area contributed by atoms with E-state index in [0.29, 0.717) is 11.6 Å². The highest BCUT2D eigenvalue weighted by Gasteiger charge is 2.53. The molecule has 0 atom stereocenters. The highest BCUT2D eigenvalue weighted by atomic mass is 15.0. The predicted octanol–water partition coefficient (Wildman–Crippen LogP) is 25.8. The van der Waals surface area contributed by atoms with Gasteiger partial charge in [0.1, 0.15) is 0 Å². The molecular formula is C106H64N6. The Morgan fingerprint density at radius 3 is 0.893 bits per heavy atom. The molecule has 6 nitrogen and oxygen atoms in total. The largest absolute Gasteiger partial charge is 0.309 e. The van der Waals surface area contributed by atoms with E-state index in [0.717, 1.165) is 89.5 Å². The van der Waals surface area contributed by atoms with Gasteiger partial charge in [0.05, 0.1) is 67.0 Å². The van der Waals surface area contributed by atoms with Crippen LogP contribution in [0, 0.1) is 0 Å². The summed E-state index contributed by atoms with van der Waals surface area (Å²) >= 11 is 0. The molecule has 0 unspecified atom stereocenters. The van der Waals surface area contributed by atoms with E-state index in [9.17, 15) is 0 Å². The van der Waals surface area contributed by atoms with Crippen LogP contribution >= 0.6 is 0 Å². The zero-order valence-corrected chi connectivity index (χ0v) is 60.6. The van der Waals surface area contributed by atoms with Gasteiger partial charge in [-0.2, -0.15) is 0 Å². The lowest BCUT2D eigenvalue weighted by Gasteiger charge is -2.39. The lowest BCUT2D eigenvalue weighted by atomic mass is 9.65. The van der Waals surface area contributed by atoms with Gasteiger partial charge in [0, 0.05) is 54.9 Å². The first-order valence-corrected chi connectivity index (χ1v) is 38.6. The summed E-state index contributed by atoms with van der Waals surface area (Å²) in [5.41, 5.74) is 37.8. The van der Waals surface area contributed by atoms with Crippen molar-refractivity contribution in [2.75, 3.05) is 0 Å². The number of aromatic nitrogens is 6. The Bertz CT molecular complexity index is 7190. The van der Waals surface area contributed by atoms with Gasteiger partial charge < -0.3 is 9.13 Å². The smallest absolute Gasteiger partial charge is 0.160 e. The number of hydrogen-bond donors (Lipinski definition) is 0. The molecule has 0 saturated carbocycles. The Balaban J connectivity index is 0.627. The Morgan fingerprint density at radius 2 is 0.473 bits per heavy atom. The number of para-hydroxylation sites is 3. The van der Waals surface area contributed by atoms with Crippen LogP contribution in [0.15, 0.2) is 388 Å². The average Bonchev–Trinajstić information content (AvgIpc) is 1.49. The lowest BCUT2D eigenvalue weighted by Crippen LogP contribution is -2.33. The monoisotopic (exact) mass is 1420 g/mol. The summed E-state index contributed by atoms with van der Waals surface area (Å²) in [5.74, 6) is 1.34. The van der Waals surface area contributed by atoms with E-state index < -0.39 is 10.8 Å². The quantitative estimate of drug-likeness (QED) is 0.144. The van der Waals surface area contributed by atoms with Crippen LogP contribution in [-0.4, -0.2) is 29.1 Å². The van der Waals surface area contributed by atoms with Crippen LogP contribution in [0.3, 0.4) is 0 Å². The van der Waals surface area contributed by atoms with Gasteiger partial charge >= 0.3 is 0 Å².